The van der Waals surface area contributed by atoms with Crippen LogP contribution in [0.4, 0.5) is 8.78 Å². The van der Waals surface area contributed by atoms with Gasteiger partial charge in [0.15, 0.2) is 0 Å². The third-order valence-electron chi connectivity index (χ3n) is 2.68. The number of nitrogens with one attached hydrogen (secondary N) is 1. The average Bonchev–Trinajstić information content (AvgIpc) is 2.28. The van der Waals surface area contributed by atoms with Crippen molar-refractivity contribution < 1.29 is 23.4 Å². The third-order valence-corrected chi connectivity index (χ3v) is 2.68. The van der Waals surface area contributed by atoms with E-state index in [1.807, 2.05) is 0 Å². The molecule has 100 valence electrons. The Labute approximate surface area is 104 Å². The van der Waals surface area contributed by atoms with E-state index in [4.69, 9.17) is 4.74 Å². The fraction of sp³-hybridized carbons (Fsp3) is 0.417. The van der Waals surface area contributed by atoms with E-state index < -0.39 is 28.7 Å². The minimum Gasteiger partial charge on any atom is -0.480 e. The molecule has 4 nitrogen and oxygen atoms in total. The zero-order valence-electron chi connectivity index (χ0n) is 10.2. The molecule has 0 aromatic heterocycles. The van der Waals surface area contributed by atoms with E-state index in [2.05, 4.69) is 5.32 Å². The predicted molar refractivity (Wildman–Crippen MR) is 61.2 cm³/mol. The average molecular weight is 259 g/mol. The Morgan fingerprint density at radius 1 is 1.44 bits per heavy atom. The number of benzene rings is 1. The molecule has 1 aromatic carbocycles. The highest BCUT2D eigenvalue weighted by Crippen LogP contribution is 2.26. The summed E-state index contributed by atoms with van der Waals surface area (Å²) in [6, 6.07) is 3.24. The Kier molecular flexibility index (Phi) is 4.75. The summed E-state index contributed by atoms with van der Waals surface area (Å²) in [6.07, 6.45) is 0. The van der Waals surface area contributed by atoms with Crippen molar-refractivity contribution in [2.75, 3.05) is 20.3 Å². The van der Waals surface area contributed by atoms with Crippen LogP contribution in [0.1, 0.15) is 12.5 Å². The van der Waals surface area contributed by atoms with E-state index in [9.17, 15) is 18.7 Å². The molecule has 0 fully saturated rings. The van der Waals surface area contributed by atoms with Crippen molar-refractivity contribution in [2.45, 2.75) is 12.5 Å². The van der Waals surface area contributed by atoms with Gasteiger partial charge in [0.25, 0.3) is 0 Å². The molecule has 1 aromatic rings. The van der Waals surface area contributed by atoms with Crippen LogP contribution >= 0.6 is 0 Å². The molecule has 1 rings (SSSR count). The Morgan fingerprint density at radius 2 is 2.00 bits per heavy atom. The molecule has 1 atom stereocenters. The highest BCUT2D eigenvalue weighted by Gasteiger charge is 2.39. The van der Waals surface area contributed by atoms with Crippen LogP contribution in [0.15, 0.2) is 18.2 Å². The lowest BCUT2D eigenvalue weighted by Gasteiger charge is -2.27. The fourth-order valence-electron chi connectivity index (χ4n) is 1.65. The molecular weight excluding hydrogens is 244 g/mol. The van der Waals surface area contributed by atoms with Gasteiger partial charge in [-0.05, 0) is 19.1 Å². The fourth-order valence-corrected chi connectivity index (χ4v) is 1.65. The van der Waals surface area contributed by atoms with Gasteiger partial charge in [-0.3, -0.25) is 5.32 Å². The van der Waals surface area contributed by atoms with Gasteiger partial charge < -0.3 is 9.84 Å². The highest BCUT2D eigenvalue weighted by atomic mass is 19.1. The number of halogens is 2. The molecule has 0 bridgehead atoms. The van der Waals surface area contributed by atoms with Crippen LogP contribution in [0.2, 0.25) is 0 Å². The number of ether oxygens (including phenoxy) is 1. The molecule has 0 aliphatic carbocycles. The second kappa shape index (κ2) is 5.88. The largest absolute Gasteiger partial charge is 0.480 e. The standard InChI is InChI=1S/C12H15F2NO3/c1-12(11(16)17,15-6-7-18-2)10-8(13)4-3-5-9(10)14/h3-5,15H,6-7H2,1-2H3,(H,16,17). The lowest BCUT2D eigenvalue weighted by atomic mass is 9.91. The molecule has 0 heterocycles. The summed E-state index contributed by atoms with van der Waals surface area (Å²) in [6.45, 7) is 1.61. The first-order valence-electron chi connectivity index (χ1n) is 5.35. The van der Waals surface area contributed by atoms with Gasteiger partial charge in [0.2, 0.25) is 0 Å². The maximum atomic E-state index is 13.6. The molecule has 18 heavy (non-hydrogen) atoms. The first kappa shape index (κ1) is 14.5. The van der Waals surface area contributed by atoms with Gasteiger partial charge in [0, 0.05) is 13.7 Å². The number of rotatable bonds is 6. The molecule has 0 spiro atoms. The molecular formula is C12H15F2NO3. The van der Waals surface area contributed by atoms with E-state index in [1.54, 1.807) is 0 Å². The second-order valence-electron chi connectivity index (χ2n) is 3.95. The van der Waals surface area contributed by atoms with Crippen LogP contribution in [0.3, 0.4) is 0 Å². The van der Waals surface area contributed by atoms with Gasteiger partial charge in [0.1, 0.15) is 17.2 Å². The topological polar surface area (TPSA) is 58.6 Å². The molecule has 0 aliphatic rings. The molecule has 0 saturated heterocycles. The minimum atomic E-state index is -1.84. The monoisotopic (exact) mass is 259 g/mol. The first-order valence-corrected chi connectivity index (χ1v) is 5.35. The van der Waals surface area contributed by atoms with E-state index in [1.165, 1.54) is 20.1 Å². The molecule has 6 heteroatoms. The zero-order valence-corrected chi connectivity index (χ0v) is 10.2. The Balaban J connectivity index is 3.15. The van der Waals surface area contributed by atoms with E-state index in [-0.39, 0.29) is 13.2 Å². The lowest BCUT2D eigenvalue weighted by Crippen LogP contribution is -2.49. The summed E-state index contributed by atoms with van der Waals surface area (Å²) in [7, 11) is 1.45. The van der Waals surface area contributed by atoms with Crippen LogP contribution in [0, 0.1) is 11.6 Å². The number of carboxylic acids is 1. The van der Waals surface area contributed by atoms with Gasteiger partial charge in [-0.15, -0.1) is 0 Å². The second-order valence-corrected chi connectivity index (χ2v) is 3.95. The van der Waals surface area contributed by atoms with Crippen molar-refractivity contribution >= 4 is 5.97 Å². The van der Waals surface area contributed by atoms with E-state index >= 15 is 0 Å². The van der Waals surface area contributed by atoms with E-state index in [0.29, 0.717) is 0 Å². The van der Waals surface area contributed by atoms with E-state index in [0.717, 1.165) is 12.1 Å². The normalized spacial score (nSPS) is 14.2. The van der Waals surface area contributed by atoms with Crippen LogP contribution in [-0.2, 0) is 15.1 Å². The minimum absolute atomic E-state index is 0.160. The molecule has 2 N–H and O–H groups in total. The highest BCUT2D eigenvalue weighted by molar-refractivity contribution is 5.80. The van der Waals surface area contributed by atoms with Crippen molar-refractivity contribution in [1.29, 1.82) is 0 Å². The molecule has 0 aliphatic heterocycles. The number of aliphatic carboxylic acids is 1. The number of hydrogen-bond acceptors (Lipinski definition) is 3. The number of methoxy groups -OCH3 is 1. The smallest absolute Gasteiger partial charge is 0.328 e. The van der Waals surface area contributed by atoms with Crippen molar-refractivity contribution in [3.8, 4) is 0 Å². The van der Waals surface area contributed by atoms with Crippen molar-refractivity contribution in [3.05, 3.63) is 35.4 Å². The summed E-state index contributed by atoms with van der Waals surface area (Å²) in [5, 5.41) is 11.8. The van der Waals surface area contributed by atoms with Crippen molar-refractivity contribution in [1.82, 2.24) is 5.32 Å². The summed E-state index contributed by atoms with van der Waals surface area (Å²) in [4.78, 5) is 11.3. The lowest BCUT2D eigenvalue weighted by molar-refractivity contribution is -0.145. The summed E-state index contributed by atoms with van der Waals surface area (Å²) in [5.41, 5.74) is -2.35. The summed E-state index contributed by atoms with van der Waals surface area (Å²) < 4.78 is 32.1. The van der Waals surface area contributed by atoms with Gasteiger partial charge in [-0.1, -0.05) is 6.07 Å². The van der Waals surface area contributed by atoms with Gasteiger partial charge >= 0.3 is 5.97 Å². The molecule has 0 saturated carbocycles. The first-order chi connectivity index (χ1) is 8.43. The Hall–Kier alpha value is -1.53. The predicted octanol–water partition coefficient (Wildman–Crippen LogP) is 1.50. The zero-order chi connectivity index (χ0) is 13.8. The third kappa shape index (κ3) is 2.83. The SMILES string of the molecule is COCCNC(C)(C(=O)O)c1c(F)cccc1F. The van der Waals surface area contributed by atoms with Crippen molar-refractivity contribution in [3.63, 3.8) is 0 Å². The van der Waals surface area contributed by atoms with Crippen LogP contribution in [-0.4, -0.2) is 31.3 Å². The summed E-state index contributed by atoms with van der Waals surface area (Å²) >= 11 is 0. The van der Waals surface area contributed by atoms with Crippen LogP contribution in [0.25, 0.3) is 0 Å². The Bertz CT molecular complexity index is 419. The quantitative estimate of drug-likeness (QED) is 0.760. The molecule has 1 unspecified atom stereocenters. The number of carbonyl (C=O) groups is 1. The van der Waals surface area contributed by atoms with Crippen LogP contribution < -0.4 is 5.32 Å². The molecule has 0 amide bonds. The molecule has 0 radical (unpaired) electrons. The maximum Gasteiger partial charge on any atom is 0.328 e. The Morgan fingerprint density at radius 3 is 2.44 bits per heavy atom. The summed E-state index contributed by atoms with van der Waals surface area (Å²) in [5.74, 6) is -3.16. The number of hydrogen-bond donors (Lipinski definition) is 2. The maximum absolute atomic E-state index is 13.6. The van der Waals surface area contributed by atoms with Crippen LogP contribution in [0.5, 0.6) is 0 Å². The number of carboxylic acid groups (broad SMARTS) is 1. The van der Waals surface area contributed by atoms with Gasteiger partial charge in [-0.25, -0.2) is 13.6 Å². The van der Waals surface area contributed by atoms with Gasteiger partial charge in [-0.2, -0.15) is 0 Å². The van der Waals surface area contributed by atoms with Gasteiger partial charge in [0.05, 0.1) is 12.2 Å². The van der Waals surface area contributed by atoms with Crippen molar-refractivity contribution in [2.24, 2.45) is 0 Å².